The minimum Gasteiger partial charge on any atom is -0.495 e. The van der Waals surface area contributed by atoms with Crippen LogP contribution in [0.2, 0.25) is 0 Å². The van der Waals surface area contributed by atoms with Crippen LogP contribution in [0.4, 0.5) is 13.2 Å². The second kappa shape index (κ2) is 9.22. The molecule has 6 nitrogen and oxygen atoms in total. The van der Waals surface area contributed by atoms with Gasteiger partial charge >= 0.3 is 0 Å². The summed E-state index contributed by atoms with van der Waals surface area (Å²) in [7, 11) is 1.59. The molecule has 2 aliphatic rings. The summed E-state index contributed by atoms with van der Waals surface area (Å²) in [5, 5.41) is 3.23. The van der Waals surface area contributed by atoms with Gasteiger partial charge in [-0.15, -0.1) is 0 Å². The fourth-order valence-electron chi connectivity index (χ4n) is 4.91. The maximum absolute atomic E-state index is 13.9. The summed E-state index contributed by atoms with van der Waals surface area (Å²) in [5.41, 5.74) is 3.34. The van der Waals surface area contributed by atoms with E-state index in [9.17, 15) is 18.0 Å². The number of imidazole rings is 1. The molecule has 182 valence electrons. The summed E-state index contributed by atoms with van der Waals surface area (Å²) in [6.45, 7) is 2.82. The minimum absolute atomic E-state index is 0.115. The van der Waals surface area contributed by atoms with E-state index in [-0.39, 0.29) is 17.5 Å². The third-order valence-corrected chi connectivity index (χ3v) is 6.63. The number of piperidine rings is 1. The van der Waals surface area contributed by atoms with Crippen molar-refractivity contribution in [1.82, 2.24) is 19.8 Å². The number of nitrogens with one attached hydrogen (secondary N) is 1. The number of benzene rings is 2. The highest BCUT2D eigenvalue weighted by Crippen LogP contribution is 2.36. The molecule has 2 fully saturated rings. The number of nitrogens with zero attached hydrogens (tertiary/aromatic N) is 3. The molecule has 35 heavy (non-hydrogen) atoms. The number of methoxy groups -OCH3 is 1. The Kier molecular flexibility index (Phi) is 6.10. The molecule has 3 aromatic rings. The molecule has 2 aliphatic heterocycles. The Labute approximate surface area is 201 Å². The lowest BCUT2D eigenvalue weighted by atomic mass is 9.89. The van der Waals surface area contributed by atoms with Gasteiger partial charge in [0.25, 0.3) is 5.91 Å². The van der Waals surface area contributed by atoms with Gasteiger partial charge in [-0.2, -0.15) is 0 Å². The molecule has 5 rings (SSSR count). The van der Waals surface area contributed by atoms with E-state index in [0.29, 0.717) is 37.3 Å². The van der Waals surface area contributed by atoms with Crippen molar-refractivity contribution >= 4 is 12.0 Å². The summed E-state index contributed by atoms with van der Waals surface area (Å²) in [6, 6.07) is 6.89. The highest BCUT2D eigenvalue weighted by atomic mass is 19.2. The molecular formula is C26H25F3N4O2. The molecule has 0 spiro atoms. The van der Waals surface area contributed by atoms with Crippen LogP contribution >= 0.6 is 0 Å². The van der Waals surface area contributed by atoms with Crippen molar-refractivity contribution in [2.45, 2.75) is 31.8 Å². The number of rotatable bonds is 4. The zero-order chi connectivity index (χ0) is 24.7. The summed E-state index contributed by atoms with van der Waals surface area (Å²) < 4.78 is 48.8. The molecule has 0 unspecified atom stereocenters. The van der Waals surface area contributed by atoms with E-state index in [1.807, 2.05) is 42.0 Å². The molecule has 2 atom stereocenters. The molecule has 0 radical (unpaired) electrons. The quantitative estimate of drug-likeness (QED) is 0.445. The smallest absolute Gasteiger partial charge is 0.250 e. The molecule has 9 heteroatoms. The lowest BCUT2D eigenvalue weighted by Crippen LogP contribution is -2.57. The number of fused-ring (bicyclic) bond motifs is 1. The highest BCUT2D eigenvalue weighted by Gasteiger charge is 2.39. The molecule has 2 aromatic carbocycles. The van der Waals surface area contributed by atoms with E-state index in [1.165, 1.54) is 0 Å². The van der Waals surface area contributed by atoms with Gasteiger partial charge in [0.1, 0.15) is 5.75 Å². The van der Waals surface area contributed by atoms with Crippen molar-refractivity contribution in [3.05, 3.63) is 82.7 Å². The normalized spacial score (nSPS) is 21.3. The predicted molar refractivity (Wildman–Crippen MR) is 125 cm³/mol. The lowest BCUT2D eigenvalue weighted by molar-refractivity contribution is -0.135. The van der Waals surface area contributed by atoms with E-state index in [0.717, 1.165) is 29.1 Å². The number of hydrogen-bond donors (Lipinski definition) is 1. The lowest BCUT2D eigenvalue weighted by Gasteiger charge is -2.46. The third-order valence-electron chi connectivity index (χ3n) is 6.63. The summed E-state index contributed by atoms with van der Waals surface area (Å²) in [6.07, 6.45) is 6.71. The van der Waals surface area contributed by atoms with Crippen molar-refractivity contribution < 1.29 is 22.7 Å². The van der Waals surface area contributed by atoms with Crippen LogP contribution in [-0.2, 0) is 4.79 Å². The van der Waals surface area contributed by atoms with Crippen molar-refractivity contribution in [1.29, 1.82) is 0 Å². The van der Waals surface area contributed by atoms with Crippen molar-refractivity contribution in [2.24, 2.45) is 0 Å². The van der Waals surface area contributed by atoms with E-state index < -0.39 is 23.5 Å². The third kappa shape index (κ3) is 4.32. The SMILES string of the molecule is COc1cc(/C=C2\CC[C@@H]3CNC[C@@H](c4cc(F)c(F)c(F)c4)N3C2=O)ccc1-n1cnc(C)c1. The zero-order valence-corrected chi connectivity index (χ0v) is 19.4. The van der Waals surface area contributed by atoms with Crippen LogP contribution in [-0.4, -0.2) is 46.6 Å². The van der Waals surface area contributed by atoms with E-state index in [2.05, 4.69) is 10.3 Å². The van der Waals surface area contributed by atoms with Crippen molar-refractivity contribution in [3.8, 4) is 11.4 Å². The first kappa shape index (κ1) is 23.2. The molecule has 1 N–H and O–H groups in total. The van der Waals surface area contributed by atoms with Gasteiger partial charge < -0.3 is 19.5 Å². The van der Waals surface area contributed by atoms with Crippen LogP contribution < -0.4 is 10.1 Å². The second-order valence-electron chi connectivity index (χ2n) is 8.90. The highest BCUT2D eigenvalue weighted by molar-refractivity contribution is 5.99. The van der Waals surface area contributed by atoms with Gasteiger partial charge in [0.2, 0.25) is 0 Å². The number of aryl methyl sites for hydroxylation is 1. The van der Waals surface area contributed by atoms with Crippen LogP contribution in [0.5, 0.6) is 5.75 Å². The van der Waals surface area contributed by atoms with Gasteiger partial charge in [-0.3, -0.25) is 4.79 Å². The number of ether oxygens (including phenoxy) is 1. The van der Waals surface area contributed by atoms with E-state index in [1.54, 1.807) is 18.3 Å². The van der Waals surface area contributed by atoms with Crippen LogP contribution in [0.25, 0.3) is 11.8 Å². The molecule has 0 bridgehead atoms. The molecule has 2 saturated heterocycles. The predicted octanol–water partition coefficient (Wildman–Crippen LogP) is 4.33. The topological polar surface area (TPSA) is 59.4 Å². The van der Waals surface area contributed by atoms with E-state index in [4.69, 9.17) is 4.74 Å². The first-order valence-electron chi connectivity index (χ1n) is 11.4. The Morgan fingerprint density at radius 3 is 2.60 bits per heavy atom. The van der Waals surface area contributed by atoms with Gasteiger partial charge in [0.15, 0.2) is 17.5 Å². The fourth-order valence-corrected chi connectivity index (χ4v) is 4.91. The first-order chi connectivity index (χ1) is 16.9. The standard InChI is InChI=1S/C26H25F3N4O2/c1-15-13-32(14-31-15)22-6-3-16(8-24(22)35-2)7-17-4-5-19-11-30-12-23(33(19)26(17)34)18-9-20(27)25(29)21(28)10-18/h3,6-10,13-14,19,23,30H,4-5,11-12H2,1-2H3/b17-7+/t19-,23+/m1/s1. The average molecular weight is 483 g/mol. The van der Waals surface area contributed by atoms with Crippen LogP contribution in [0.15, 0.2) is 48.4 Å². The Bertz CT molecular complexity index is 1300. The number of aromatic nitrogens is 2. The maximum Gasteiger partial charge on any atom is 0.250 e. The van der Waals surface area contributed by atoms with Gasteiger partial charge in [-0.05, 0) is 61.2 Å². The number of carbonyl (C=O) groups is 1. The summed E-state index contributed by atoms with van der Waals surface area (Å²) >= 11 is 0. The number of halogens is 3. The number of amides is 1. The average Bonchev–Trinajstić information content (AvgIpc) is 3.29. The molecular weight excluding hydrogens is 457 g/mol. The Morgan fingerprint density at radius 2 is 1.91 bits per heavy atom. The van der Waals surface area contributed by atoms with Crippen molar-refractivity contribution in [2.75, 3.05) is 20.2 Å². The molecule has 1 aromatic heterocycles. The Balaban J connectivity index is 1.46. The Hall–Kier alpha value is -3.59. The molecule has 0 aliphatic carbocycles. The fraction of sp³-hybridized carbons (Fsp3) is 0.308. The van der Waals surface area contributed by atoms with Gasteiger partial charge in [0.05, 0.1) is 30.9 Å². The number of carbonyl (C=O) groups excluding carboxylic acids is 1. The van der Waals surface area contributed by atoms with Crippen LogP contribution in [0.3, 0.4) is 0 Å². The Morgan fingerprint density at radius 1 is 1.14 bits per heavy atom. The molecule has 0 saturated carbocycles. The molecule has 3 heterocycles. The summed E-state index contributed by atoms with van der Waals surface area (Å²) in [4.78, 5) is 19.5. The minimum atomic E-state index is -1.51. The van der Waals surface area contributed by atoms with Crippen molar-refractivity contribution in [3.63, 3.8) is 0 Å². The summed E-state index contributed by atoms with van der Waals surface area (Å²) in [5.74, 6) is -3.59. The second-order valence-corrected chi connectivity index (χ2v) is 8.90. The van der Waals surface area contributed by atoms with Gasteiger partial charge in [-0.25, -0.2) is 18.2 Å². The zero-order valence-electron chi connectivity index (χ0n) is 19.4. The largest absolute Gasteiger partial charge is 0.495 e. The number of piperazine rings is 1. The van der Waals surface area contributed by atoms with Gasteiger partial charge in [-0.1, -0.05) is 6.07 Å². The monoisotopic (exact) mass is 482 g/mol. The number of hydrogen-bond acceptors (Lipinski definition) is 4. The van der Waals surface area contributed by atoms with Crippen LogP contribution in [0, 0.1) is 24.4 Å². The maximum atomic E-state index is 13.9. The first-order valence-corrected chi connectivity index (χ1v) is 11.4. The molecule has 1 amide bonds. The van der Waals surface area contributed by atoms with Gasteiger partial charge in [0, 0.05) is 30.9 Å². The van der Waals surface area contributed by atoms with E-state index >= 15 is 0 Å². The van der Waals surface area contributed by atoms with Crippen LogP contribution in [0.1, 0.15) is 35.7 Å².